The number of methoxy groups -OCH3 is 1. The molecule has 98 valence electrons. The Morgan fingerprint density at radius 2 is 1.89 bits per heavy atom. The molecule has 0 saturated heterocycles. The SMILES string of the molecule is COc1ccc(OC(=O)Nc2ccccc2)cc1N. The lowest BCUT2D eigenvalue weighted by Gasteiger charge is -2.09. The zero-order chi connectivity index (χ0) is 13.7. The van der Waals surface area contributed by atoms with E-state index in [0.29, 0.717) is 22.9 Å². The quantitative estimate of drug-likeness (QED) is 0.830. The number of carbonyl (C=O) groups excluding carboxylic acids is 1. The van der Waals surface area contributed by atoms with Gasteiger partial charge in [0.1, 0.15) is 11.5 Å². The maximum Gasteiger partial charge on any atom is 0.417 e. The van der Waals surface area contributed by atoms with E-state index in [2.05, 4.69) is 5.32 Å². The van der Waals surface area contributed by atoms with Crippen LogP contribution in [0, 0.1) is 0 Å². The van der Waals surface area contributed by atoms with Crippen LogP contribution < -0.4 is 20.5 Å². The molecule has 0 aromatic heterocycles. The summed E-state index contributed by atoms with van der Waals surface area (Å²) in [6, 6.07) is 13.8. The second-order valence-corrected chi connectivity index (χ2v) is 3.78. The number of amides is 1. The first kappa shape index (κ1) is 12.8. The minimum absolute atomic E-state index is 0.353. The topological polar surface area (TPSA) is 73.6 Å². The standard InChI is InChI=1S/C14H14N2O3/c1-18-13-8-7-11(9-12(13)15)19-14(17)16-10-5-3-2-4-6-10/h2-9H,15H2,1H3,(H,16,17). The Hall–Kier alpha value is -2.69. The van der Waals surface area contributed by atoms with Gasteiger partial charge < -0.3 is 15.2 Å². The summed E-state index contributed by atoms with van der Waals surface area (Å²) in [5.74, 6) is 0.891. The number of ether oxygens (including phenoxy) is 2. The molecule has 19 heavy (non-hydrogen) atoms. The maximum absolute atomic E-state index is 11.6. The number of hydrogen-bond acceptors (Lipinski definition) is 4. The van der Waals surface area contributed by atoms with Crippen LogP contribution in [0.3, 0.4) is 0 Å². The lowest BCUT2D eigenvalue weighted by Crippen LogP contribution is -2.16. The van der Waals surface area contributed by atoms with Crippen molar-refractivity contribution in [1.82, 2.24) is 0 Å². The molecule has 0 aliphatic rings. The van der Waals surface area contributed by atoms with E-state index in [4.69, 9.17) is 15.2 Å². The van der Waals surface area contributed by atoms with Crippen LogP contribution in [0.2, 0.25) is 0 Å². The smallest absolute Gasteiger partial charge is 0.417 e. The van der Waals surface area contributed by atoms with Gasteiger partial charge in [0.2, 0.25) is 0 Å². The van der Waals surface area contributed by atoms with Crippen molar-refractivity contribution >= 4 is 17.5 Å². The summed E-state index contributed by atoms with van der Waals surface area (Å²) in [6.07, 6.45) is -0.573. The summed E-state index contributed by atoms with van der Waals surface area (Å²) in [5, 5.41) is 2.61. The minimum atomic E-state index is -0.573. The monoisotopic (exact) mass is 258 g/mol. The molecule has 5 nitrogen and oxygen atoms in total. The molecule has 0 heterocycles. The summed E-state index contributed by atoms with van der Waals surface area (Å²) >= 11 is 0. The zero-order valence-electron chi connectivity index (χ0n) is 10.4. The van der Waals surface area contributed by atoms with Gasteiger partial charge in [0.05, 0.1) is 12.8 Å². The van der Waals surface area contributed by atoms with E-state index in [1.807, 2.05) is 18.2 Å². The molecule has 0 fully saturated rings. The summed E-state index contributed by atoms with van der Waals surface area (Å²) in [7, 11) is 1.52. The minimum Gasteiger partial charge on any atom is -0.495 e. The van der Waals surface area contributed by atoms with E-state index in [-0.39, 0.29) is 0 Å². The van der Waals surface area contributed by atoms with Gasteiger partial charge in [0, 0.05) is 11.8 Å². The molecular formula is C14H14N2O3. The summed E-state index contributed by atoms with van der Waals surface area (Å²) in [6.45, 7) is 0. The lowest BCUT2D eigenvalue weighted by molar-refractivity contribution is 0.215. The number of nitrogens with one attached hydrogen (secondary N) is 1. The van der Waals surface area contributed by atoms with Crippen LogP contribution in [0.15, 0.2) is 48.5 Å². The van der Waals surface area contributed by atoms with Crippen molar-refractivity contribution in [3.63, 3.8) is 0 Å². The Morgan fingerprint density at radius 1 is 1.16 bits per heavy atom. The zero-order valence-corrected chi connectivity index (χ0v) is 10.4. The lowest BCUT2D eigenvalue weighted by atomic mass is 10.3. The number of nitrogen functional groups attached to an aromatic ring is 1. The van der Waals surface area contributed by atoms with E-state index in [1.54, 1.807) is 24.3 Å². The van der Waals surface area contributed by atoms with Crippen molar-refractivity contribution in [2.45, 2.75) is 0 Å². The van der Waals surface area contributed by atoms with Gasteiger partial charge in [0.15, 0.2) is 0 Å². The molecule has 1 amide bonds. The Morgan fingerprint density at radius 3 is 2.53 bits per heavy atom. The fourth-order valence-corrected chi connectivity index (χ4v) is 1.55. The first-order chi connectivity index (χ1) is 9.19. The molecule has 3 N–H and O–H groups in total. The number of benzene rings is 2. The van der Waals surface area contributed by atoms with Crippen LogP contribution in [-0.2, 0) is 0 Å². The van der Waals surface area contributed by atoms with Crippen molar-refractivity contribution < 1.29 is 14.3 Å². The van der Waals surface area contributed by atoms with Crippen molar-refractivity contribution in [1.29, 1.82) is 0 Å². The third-order valence-corrected chi connectivity index (χ3v) is 2.43. The maximum atomic E-state index is 11.6. The molecule has 2 aromatic carbocycles. The molecule has 2 rings (SSSR count). The molecule has 0 spiro atoms. The van der Waals surface area contributed by atoms with Crippen LogP contribution in [0.25, 0.3) is 0 Å². The second kappa shape index (κ2) is 5.77. The van der Waals surface area contributed by atoms with Crippen LogP contribution >= 0.6 is 0 Å². The number of anilines is 2. The fourth-order valence-electron chi connectivity index (χ4n) is 1.55. The number of hydrogen-bond donors (Lipinski definition) is 2. The number of nitrogens with two attached hydrogens (primary N) is 1. The molecule has 0 unspecified atom stereocenters. The Balaban J connectivity index is 2.01. The molecule has 2 aromatic rings. The van der Waals surface area contributed by atoms with Gasteiger partial charge in [0.25, 0.3) is 0 Å². The predicted molar refractivity (Wildman–Crippen MR) is 73.5 cm³/mol. The molecule has 0 aliphatic heterocycles. The van der Waals surface area contributed by atoms with Gasteiger partial charge in [-0.3, -0.25) is 5.32 Å². The van der Waals surface area contributed by atoms with E-state index < -0.39 is 6.09 Å². The second-order valence-electron chi connectivity index (χ2n) is 3.78. The molecule has 5 heteroatoms. The molecule has 0 bridgehead atoms. The summed E-state index contributed by atoms with van der Waals surface area (Å²) in [5.41, 5.74) is 6.79. The predicted octanol–water partition coefficient (Wildman–Crippen LogP) is 2.89. The van der Waals surface area contributed by atoms with E-state index in [9.17, 15) is 4.79 Å². The van der Waals surface area contributed by atoms with E-state index >= 15 is 0 Å². The third kappa shape index (κ3) is 3.38. The average molecular weight is 258 g/mol. The highest BCUT2D eigenvalue weighted by Gasteiger charge is 2.07. The number of para-hydroxylation sites is 1. The fraction of sp³-hybridized carbons (Fsp3) is 0.0714. The molecule has 0 radical (unpaired) electrons. The van der Waals surface area contributed by atoms with Crippen molar-refractivity contribution in [2.75, 3.05) is 18.2 Å². The van der Waals surface area contributed by atoms with Crippen molar-refractivity contribution in [2.24, 2.45) is 0 Å². The molecular weight excluding hydrogens is 244 g/mol. The van der Waals surface area contributed by atoms with Gasteiger partial charge in [-0.15, -0.1) is 0 Å². The summed E-state index contributed by atoms with van der Waals surface area (Å²) < 4.78 is 10.1. The van der Waals surface area contributed by atoms with E-state index in [0.717, 1.165) is 0 Å². The largest absolute Gasteiger partial charge is 0.495 e. The Kier molecular flexibility index (Phi) is 3.87. The highest BCUT2D eigenvalue weighted by Crippen LogP contribution is 2.26. The Labute approximate surface area is 110 Å². The average Bonchev–Trinajstić information content (AvgIpc) is 2.40. The van der Waals surface area contributed by atoms with Crippen molar-refractivity contribution in [3.8, 4) is 11.5 Å². The first-order valence-corrected chi connectivity index (χ1v) is 5.66. The van der Waals surface area contributed by atoms with Gasteiger partial charge >= 0.3 is 6.09 Å². The normalized spacial score (nSPS) is 9.74. The van der Waals surface area contributed by atoms with Gasteiger partial charge in [-0.25, -0.2) is 4.79 Å². The number of rotatable bonds is 3. The summed E-state index contributed by atoms with van der Waals surface area (Å²) in [4.78, 5) is 11.6. The third-order valence-electron chi connectivity index (χ3n) is 2.43. The van der Waals surface area contributed by atoms with Crippen LogP contribution in [0.5, 0.6) is 11.5 Å². The van der Waals surface area contributed by atoms with Crippen LogP contribution in [-0.4, -0.2) is 13.2 Å². The molecule has 0 saturated carbocycles. The first-order valence-electron chi connectivity index (χ1n) is 5.66. The Bertz CT molecular complexity index is 570. The van der Waals surface area contributed by atoms with Gasteiger partial charge in [-0.05, 0) is 24.3 Å². The van der Waals surface area contributed by atoms with Gasteiger partial charge in [-0.1, -0.05) is 18.2 Å². The highest BCUT2D eigenvalue weighted by molar-refractivity contribution is 5.86. The van der Waals surface area contributed by atoms with E-state index in [1.165, 1.54) is 13.2 Å². The van der Waals surface area contributed by atoms with Crippen molar-refractivity contribution in [3.05, 3.63) is 48.5 Å². The van der Waals surface area contributed by atoms with Gasteiger partial charge in [-0.2, -0.15) is 0 Å². The number of carbonyl (C=O) groups is 1. The highest BCUT2D eigenvalue weighted by atomic mass is 16.6. The van der Waals surface area contributed by atoms with Crippen LogP contribution in [0.1, 0.15) is 0 Å². The molecule has 0 aliphatic carbocycles. The van der Waals surface area contributed by atoms with Crippen LogP contribution in [0.4, 0.5) is 16.2 Å². The molecule has 0 atom stereocenters.